The van der Waals surface area contributed by atoms with Gasteiger partial charge < -0.3 is 10.2 Å². The van der Waals surface area contributed by atoms with Crippen LogP contribution in [0, 0.1) is 12.8 Å². The second kappa shape index (κ2) is 4.18. The van der Waals surface area contributed by atoms with Crippen molar-refractivity contribution in [3.63, 3.8) is 0 Å². The van der Waals surface area contributed by atoms with E-state index in [9.17, 15) is 0 Å². The second-order valence-corrected chi connectivity index (χ2v) is 4.48. The molecule has 1 aromatic heterocycles. The molecule has 0 saturated heterocycles. The van der Waals surface area contributed by atoms with E-state index in [1.54, 1.807) is 6.26 Å². The van der Waals surface area contributed by atoms with E-state index in [-0.39, 0.29) is 6.04 Å². The molecule has 0 aromatic carbocycles. The van der Waals surface area contributed by atoms with Crippen molar-refractivity contribution in [3.05, 3.63) is 23.7 Å². The molecule has 1 aromatic rings. The largest absolute Gasteiger partial charge is 0.469 e. The molecule has 1 heterocycles. The van der Waals surface area contributed by atoms with Crippen molar-refractivity contribution in [2.75, 3.05) is 0 Å². The third-order valence-corrected chi connectivity index (χ3v) is 3.24. The highest BCUT2D eigenvalue weighted by Crippen LogP contribution is 2.32. The first-order valence-corrected chi connectivity index (χ1v) is 5.56. The molecule has 0 aliphatic heterocycles. The van der Waals surface area contributed by atoms with Gasteiger partial charge in [0.05, 0.1) is 6.26 Å². The zero-order valence-corrected chi connectivity index (χ0v) is 8.83. The van der Waals surface area contributed by atoms with Gasteiger partial charge in [-0.2, -0.15) is 0 Å². The van der Waals surface area contributed by atoms with Crippen LogP contribution in [0.1, 0.15) is 49.5 Å². The Bertz CT molecular complexity index is 286. The van der Waals surface area contributed by atoms with Crippen LogP contribution >= 0.6 is 0 Å². The predicted octanol–water partition coefficient (Wildman–Crippen LogP) is 3.17. The van der Waals surface area contributed by atoms with Gasteiger partial charge in [-0.1, -0.05) is 25.7 Å². The lowest BCUT2D eigenvalue weighted by Crippen LogP contribution is -2.13. The fourth-order valence-corrected chi connectivity index (χ4v) is 2.40. The highest BCUT2D eigenvalue weighted by molar-refractivity contribution is 5.15. The normalized spacial score (nSPS) is 20.1. The van der Waals surface area contributed by atoms with Crippen LogP contribution in [-0.4, -0.2) is 0 Å². The van der Waals surface area contributed by atoms with E-state index in [0.29, 0.717) is 0 Å². The quantitative estimate of drug-likeness (QED) is 0.800. The number of nitrogens with two attached hydrogens (primary N) is 1. The van der Waals surface area contributed by atoms with Gasteiger partial charge >= 0.3 is 0 Å². The predicted molar refractivity (Wildman–Crippen MR) is 56.9 cm³/mol. The molecular weight excluding hydrogens is 174 g/mol. The molecule has 2 heteroatoms. The molecule has 0 bridgehead atoms. The molecule has 2 nitrogen and oxygen atoms in total. The molecule has 1 aliphatic carbocycles. The summed E-state index contributed by atoms with van der Waals surface area (Å²) >= 11 is 0. The first-order valence-electron chi connectivity index (χ1n) is 5.56. The Hall–Kier alpha value is -0.760. The van der Waals surface area contributed by atoms with Crippen molar-refractivity contribution in [1.82, 2.24) is 0 Å². The van der Waals surface area contributed by atoms with Crippen LogP contribution in [0.3, 0.4) is 0 Å². The third kappa shape index (κ3) is 2.18. The SMILES string of the molecule is Cc1cc(C(N)CC2CCCC2)co1. The van der Waals surface area contributed by atoms with Gasteiger partial charge in [-0.05, 0) is 25.3 Å². The third-order valence-electron chi connectivity index (χ3n) is 3.24. The van der Waals surface area contributed by atoms with E-state index in [1.807, 2.05) is 6.92 Å². The van der Waals surface area contributed by atoms with Crippen molar-refractivity contribution < 1.29 is 4.42 Å². The Kier molecular flexibility index (Phi) is 2.92. The van der Waals surface area contributed by atoms with E-state index in [2.05, 4.69) is 6.07 Å². The van der Waals surface area contributed by atoms with Gasteiger partial charge in [0.1, 0.15) is 5.76 Å². The summed E-state index contributed by atoms with van der Waals surface area (Å²) in [5, 5.41) is 0. The van der Waals surface area contributed by atoms with Gasteiger partial charge in [-0.25, -0.2) is 0 Å². The molecule has 0 radical (unpaired) electrons. The van der Waals surface area contributed by atoms with Crippen molar-refractivity contribution in [2.45, 2.75) is 45.1 Å². The Morgan fingerprint density at radius 3 is 2.79 bits per heavy atom. The van der Waals surface area contributed by atoms with Crippen molar-refractivity contribution in [2.24, 2.45) is 11.7 Å². The molecule has 14 heavy (non-hydrogen) atoms. The first kappa shape index (κ1) is 9.78. The summed E-state index contributed by atoms with van der Waals surface area (Å²) < 4.78 is 5.27. The first-order chi connectivity index (χ1) is 6.75. The number of furan rings is 1. The number of hydrogen-bond donors (Lipinski definition) is 1. The van der Waals surface area contributed by atoms with E-state index in [1.165, 1.54) is 25.7 Å². The Morgan fingerprint density at radius 2 is 2.21 bits per heavy atom. The molecule has 1 aliphatic rings. The van der Waals surface area contributed by atoms with E-state index < -0.39 is 0 Å². The van der Waals surface area contributed by atoms with Crippen LogP contribution in [0.2, 0.25) is 0 Å². The molecule has 2 N–H and O–H groups in total. The fourth-order valence-electron chi connectivity index (χ4n) is 2.40. The Labute approximate surface area is 85.5 Å². The minimum atomic E-state index is 0.176. The standard InChI is InChI=1S/C12H19NO/c1-9-6-11(8-14-9)12(13)7-10-4-2-3-5-10/h6,8,10,12H,2-5,7,13H2,1H3. The Morgan fingerprint density at radius 1 is 1.50 bits per heavy atom. The Balaban J connectivity index is 1.91. The average molecular weight is 193 g/mol. The van der Waals surface area contributed by atoms with E-state index >= 15 is 0 Å². The van der Waals surface area contributed by atoms with Crippen LogP contribution in [0.25, 0.3) is 0 Å². The summed E-state index contributed by atoms with van der Waals surface area (Å²) in [6.45, 7) is 1.96. The van der Waals surface area contributed by atoms with Gasteiger partial charge in [0.25, 0.3) is 0 Å². The summed E-state index contributed by atoms with van der Waals surface area (Å²) in [5.74, 6) is 1.81. The lowest BCUT2D eigenvalue weighted by molar-refractivity contribution is 0.447. The summed E-state index contributed by atoms with van der Waals surface area (Å²) in [7, 11) is 0. The van der Waals surface area contributed by atoms with Gasteiger partial charge in [-0.3, -0.25) is 0 Å². The van der Waals surface area contributed by atoms with Gasteiger partial charge in [-0.15, -0.1) is 0 Å². The van der Waals surface area contributed by atoms with Gasteiger partial charge in [0.15, 0.2) is 0 Å². The minimum absolute atomic E-state index is 0.176. The summed E-state index contributed by atoms with van der Waals surface area (Å²) in [4.78, 5) is 0. The van der Waals surface area contributed by atoms with Crippen LogP contribution < -0.4 is 5.73 Å². The lowest BCUT2D eigenvalue weighted by atomic mass is 9.95. The zero-order chi connectivity index (χ0) is 9.97. The maximum Gasteiger partial charge on any atom is 0.101 e. The number of aryl methyl sites for hydroxylation is 1. The highest BCUT2D eigenvalue weighted by atomic mass is 16.3. The molecule has 1 saturated carbocycles. The molecule has 1 fully saturated rings. The summed E-state index contributed by atoms with van der Waals surface area (Å²) in [6.07, 6.45) is 8.44. The molecule has 1 unspecified atom stereocenters. The highest BCUT2D eigenvalue weighted by Gasteiger charge is 2.19. The molecule has 2 rings (SSSR count). The van der Waals surface area contributed by atoms with Crippen LogP contribution in [0.5, 0.6) is 0 Å². The number of rotatable bonds is 3. The number of hydrogen-bond acceptors (Lipinski definition) is 2. The monoisotopic (exact) mass is 193 g/mol. The minimum Gasteiger partial charge on any atom is -0.469 e. The molecule has 78 valence electrons. The lowest BCUT2D eigenvalue weighted by Gasteiger charge is -2.14. The van der Waals surface area contributed by atoms with Crippen LogP contribution in [0.4, 0.5) is 0 Å². The molecular formula is C12H19NO. The van der Waals surface area contributed by atoms with Crippen LogP contribution in [0.15, 0.2) is 16.7 Å². The molecule has 1 atom stereocenters. The van der Waals surface area contributed by atoms with Gasteiger partial charge in [0, 0.05) is 11.6 Å². The molecule has 0 amide bonds. The van der Waals surface area contributed by atoms with Crippen LogP contribution in [-0.2, 0) is 0 Å². The maximum atomic E-state index is 6.13. The fraction of sp³-hybridized carbons (Fsp3) is 0.667. The van der Waals surface area contributed by atoms with Crippen molar-refractivity contribution >= 4 is 0 Å². The maximum absolute atomic E-state index is 6.13. The van der Waals surface area contributed by atoms with E-state index in [4.69, 9.17) is 10.2 Å². The van der Waals surface area contributed by atoms with E-state index in [0.717, 1.165) is 23.7 Å². The summed E-state index contributed by atoms with van der Waals surface area (Å²) in [5.41, 5.74) is 7.29. The molecule has 0 spiro atoms. The zero-order valence-electron chi connectivity index (χ0n) is 8.83. The van der Waals surface area contributed by atoms with Crippen molar-refractivity contribution in [3.8, 4) is 0 Å². The second-order valence-electron chi connectivity index (χ2n) is 4.48. The van der Waals surface area contributed by atoms with Gasteiger partial charge in [0.2, 0.25) is 0 Å². The topological polar surface area (TPSA) is 39.2 Å². The smallest absolute Gasteiger partial charge is 0.101 e. The van der Waals surface area contributed by atoms with Crippen molar-refractivity contribution in [1.29, 1.82) is 0 Å². The average Bonchev–Trinajstić information content (AvgIpc) is 2.75. The summed E-state index contributed by atoms with van der Waals surface area (Å²) in [6, 6.07) is 2.23.